The monoisotopic (exact) mass is 249 g/mol. The summed E-state index contributed by atoms with van der Waals surface area (Å²) in [4.78, 5) is 23.7. The summed E-state index contributed by atoms with van der Waals surface area (Å²) >= 11 is 0. The predicted molar refractivity (Wildman–Crippen MR) is 65.1 cm³/mol. The van der Waals surface area contributed by atoms with Crippen LogP contribution in [0.3, 0.4) is 0 Å². The van der Waals surface area contributed by atoms with Gasteiger partial charge in [0.15, 0.2) is 0 Å². The Morgan fingerprint density at radius 2 is 2.17 bits per heavy atom. The molecule has 0 saturated carbocycles. The quantitative estimate of drug-likeness (QED) is 0.763. The number of carbonyl (C=O) groups excluding carboxylic acids is 1. The topological polar surface area (TPSA) is 48.3 Å². The second kappa shape index (κ2) is 4.60. The van der Waals surface area contributed by atoms with Crippen molar-refractivity contribution in [2.45, 2.75) is 6.92 Å². The van der Waals surface area contributed by atoms with Crippen molar-refractivity contribution >= 4 is 16.9 Å². The summed E-state index contributed by atoms with van der Waals surface area (Å²) in [5, 5.41) is 0.296. The molecule has 1 heterocycles. The average Bonchev–Trinajstić information content (AvgIpc) is 2.34. The lowest BCUT2D eigenvalue weighted by molar-refractivity contribution is 0.0524. The molecule has 2 aromatic rings. The molecule has 0 spiro atoms. The van der Waals surface area contributed by atoms with Crippen LogP contribution in [0.2, 0.25) is 0 Å². The van der Waals surface area contributed by atoms with Gasteiger partial charge in [-0.2, -0.15) is 0 Å². The van der Waals surface area contributed by atoms with Crippen molar-refractivity contribution < 1.29 is 13.9 Å². The second-order valence-electron chi connectivity index (χ2n) is 3.86. The highest BCUT2D eigenvalue weighted by atomic mass is 19.1. The fourth-order valence-electron chi connectivity index (χ4n) is 1.81. The van der Waals surface area contributed by atoms with Crippen molar-refractivity contribution in [2.75, 3.05) is 6.61 Å². The van der Waals surface area contributed by atoms with E-state index in [1.165, 1.54) is 29.0 Å². The van der Waals surface area contributed by atoms with Crippen LogP contribution >= 0.6 is 0 Å². The highest BCUT2D eigenvalue weighted by Crippen LogP contribution is 2.13. The minimum absolute atomic E-state index is 0.0431. The number of nitrogens with zero attached hydrogens (tertiary/aromatic N) is 1. The first-order valence-corrected chi connectivity index (χ1v) is 5.50. The first-order chi connectivity index (χ1) is 8.54. The molecule has 0 aliphatic carbocycles. The molecule has 0 radical (unpaired) electrons. The highest BCUT2D eigenvalue weighted by Gasteiger charge is 2.15. The highest BCUT2D eigenvalue weighted by molar-refractivity contribution is 5.93. The number of ether oxygens (including phenoxy) is 1. The van der Waals surface area contributed by atoms with E-state index < -0.39 is 17.2 Å². The van der Waals surface area contributed by atoms with Crippen molar-refractivity contribution in [2.24, 2.45) is 7.05 Å². The summed E-state index contributed by atoms with van der Waals surface area (Å²) in [5.74, 6) is -1.09. The molecule has 0 amide bonds. The third-order valence-corrected chi connectivity index (χ3v) is 2.65. The number of halogens is 1. The predicted octanol–water partition coefficient (Wildman–Crippen LogP) is 1.85. The van der Waals surface area contributed by atoms with Gasteiger partial charge in [0.05, 0.1) is 12.1 Å². The molecule has 18 heavy (non-hydrogen) atoms. The Morgan fingerprint density at radius 1 is 1.44 bits per heavy atom. The van der Waals surface area contributed by atoms with Gasteiger partial charge in [0.25, 0.3) is 0 Å². The molecule has 1 aromatic carbocycles. The number of aryl methyl sites for hydroxylation is 1. The summed E-state index contributed by atoms with van der Waals surface area (Å²) in [5.41, 5.74) is -0.0481. The zero-order valence-electron chi connectivity index (χ0n) is 10.1. The molecule has 0 atom stereocenters. The Morgan fingerprint density at radius 3 is 2.83 bits per heavy atom. The van der Waals surface area contributed by atoms with Crippen LogP contribution in [0.4, 0.5) is 4.39 Å². The average molecular weight is 249 g/mol. The molecule has 1 aromatic heterocycles. The molecule has 0 bridgehead atoms. The number of carbonyl (C=O) groups is 1. The van der Waals surface area contributed by atoms with Crippen LogP contribution in [0.1, 0.15) is 17.3 Å². The van der Waals surface area contributed by atoms with Crippen LogP contribution in [0.25, 0.3) is 10.9 Å². The molecule has 0 N–H and O–H groups in total. The maximum absolute atomic E-state index is 13.1. The number of hydrogen-bond acceptors (Lipinski definition) is 3. The van der Waals surface area contributed by atoms with E-state index in [1.807, 2.05) is 0 Å². The minimum atomic E-state index is -0.663. The maximum atomic E-state index is 13.1. The molecule has 94 valence electrons. The summed E-state index contributed by atoms with van der Waals surface area (Å²) in [6.07, 6.45) is 1.36. The number of esters is 1. The number of hydrogen-bond donors (Lipinski definition) is 0. The fraction of sp³-hybridized carbons (Fsp3) is 0.231. The first kappa shape index (κ1) is 12.3. The lowest BCUT2D eigenvalue weighted by atomic mass is 10.1. The smallest absolute Gasteiger partial charge is 0.343 e. The van der Waals surface area contributed by atoms with Gasteiger partial charge in [-0.15, -0.1) is 0 Å². The second-order valence-corrected chi connectivity index (χ2v) is 3.86. The first-order valence-electron chi connectivity index (χ1n) is 5.50. The Kier molecular flexibility index (Phi) is 3.14. The van der Waals surface area contributed by atoms with Gasteiger partial charge in [0, 0.05) is 18.6 Å². The van der Waals surface area contributed by atoms with E-state index in [1.54, 1.807) is 14.0 Å². The summed E-state index contributed by atoms with van der Waals surface area (Å²) in [6, 6.07) is 3.82. The van der Waals surface area contributed by atoms with Gasteiger partial charge in [-0.05, 0) is 25.1 Å². The number of pyridine rings is 1. The van der Waals surface area contributed by atoms with Crippen molar-refractivity contribution in [3.8, 4) is 0 Å². The number of fused-ring (bicyclic) bond motifs is 1. The van der Waals surface area contributed by atoms with Gasteiger partial charge in [0.2, 0.25) is 5.43 Å². The Hall–Kier alpha value is -2.17. The van der Waals surface area contributed by atoms with Gasteiger partial charge in [-0.25, -0.2) is 9.18 Å². The molecular formula is C13H12FNO3. The largest absolute Gasteiger partial charge is 0.462 e. The summed E-state index contributed by atoms with van der Waals surface area (Å²) < 4.78 is 19.5. The number of benzene rings is 1. The molecule has 0 aliphatic rings. The van der Waals surface area contributed by atoms with Crippen LogP contribution in [0.15, 0.2) is 29.2 Å². The van der Waals surface area contributed by atoms with E-state index in [0.29, 0.717) is 10.9 Å². The molecule has 4 nitrogen and oxygen atoms in total. The van der Waals surface area contributed by atoms with Crippen LogP contribution < -0.4 is 5.43 Å². The van der Waals surface area contributed by atoms with E-state index in [4.69, 9.17) is 4.74 Å². The van der Waals surface area contributed by atoms with Crippen molar-refractivity contribution in [1.82, 2.24) is 4.57 Å². The maximum Gasteiger partial charge on any atom is 0.343 e. The molecule has 0 aliphatic heterocycles. The zero-order chi connectivity index (χ0) is 13.3. The molecule has 0 unspecified atom stereocenters. The van der Waals surface area contributed by atoms with Crippen LogP contribution in [0, 0.1) is 5.82 Å². The van der Waals surface area contributed by atoms with Crippen LogP contribution in [0.5, 0.6) is 0 Å². The normalized spacial score (nSPS) is 10.6. The van der Waals surface area contributed by atoms with Gasteiger partial charge in [0.1, 0.15) is 11.4 Å². The fourth-order valence-corrected chi connectivity index (χ4v) is 1.81. The summed E-state index contributed by atoms with van der Waals surface area (Å²) in [6.45, 7) is 1.86. The van der Waals surface area contributed by atoms with Gasteiger partial charge in [-0.3, -0.25) is 4.79 Å². The van der Waals surface area contributed by atoms with Crippen LogP contribution in [-0.4, -0.2) is 17.1 Å². The van der Waals surface area contributed by atoms with Crippen LogP contribution in [-0.2, 0) is 11.8 Å². The molecular weight excluding hydrogens is 237 g/mol. The van der Waals surface area contributed by atoms with E-state index in [9.17, 15) is 14.0 Å². The van der Waals surface area contributed by atoms with Gasteiger partial charge in [-0.1, -0.05) is 0 Å². The SMILES string of the molecule is CCOC(=O)c1cn(C)c2cc(F)ccc2c1=O. The van der Waals surface area contributed by atoms with E-state index in [-0.39, 0.29) is 12.2 Å². The molecule has 0 saturated heterocycles. The zero-order valence-corrected chi connectivity index (χ0v) is 10.1. The van der Waals surface area contributed by atoms with E-state index in [0.717, 1.165) is 0 Å². The van der Waals surface area contributed by atoms with Crippen molar-refractivity contribution in [1.29, 1.82) is 0 Å². The third-order valence-electron chi connectivity index (χ3n) is 2.65. The van der Waals surface area contributed by atoms with Crippen molar-refractivity contribution in [3.63, 3.8) is 0 Å². The van der Waals surface area contributed by atoms with Crippen molar-refractivity contribution in [3.05, 3.63) is 46.0 Å². The Labute approximate surface area is 103 Å². The Balaban J connectivity index is 2.73. The van der Waals surface area contributed by atoms with E-state index in [2.05, 4.69) is 0 Å². The molecule has 2 rings (SSSR count). The van der Waals surface area contributed by atoms with E-state index >= 15 is 0 Å². The molecule has 5 heteroatoms. The third kappa shape index (κ3) is 1.99. The molecule has 0 fully saturated rings. The Bertz CT molecular complexity index is 676. The lowest BCUT2D eigenvalue weighted by Crippen LogP contribution is -2.20. The minimum Gasteiger partial charge on any atom is -0.462 e. The number of rotatable bonds is 2. The summed E-state index contributed by atoms with van der Waals surface area (Å²) in [7, 11) is 1.64. The lowest BCUT2D eigenvalue weighted by Gasteiger charge is -2.08. The van der Waals surface area contributed by atoms with Gasteiger partial charge >= 0.3 is 5.97 Å². The standard InChI is InChI=1S/C13H12FNO3/c1-3-18-13(17)10-7-15(2)11-6-8(14)4-5-9(11)12(10)16/h4-7H,3H2,1-2H3. The van der Waals surface area contributed by atoms with Gasteiger partial charge < -0.3 is 9.30 Å². The number of aromatic nitrogens is 1.